The van der Waals surface area contributed by atoms with Crippen molar-refractivity contribution in [2.75, 3.05) is 20.1 Å². The number of benzene rings is 1. The Labute approximate surface area is 124 Å². The summed E-state index contributed by atoms with van der Waals surface area (Å²) in [6.07, 6.45) is 2.13. The molecule has 1 N–H and O–H groups in total. The summed E-state index contributed by atoms with van der Waals surface area (Å²) in [6.45, 7) is 1.21. The highest BCUT2D eigenvalue weighted by Crippen LogP contribution is 2.18. The molecule has 5 heteroatoms. The first-order valence-electron chi connectivity index (χ1n) is 7.34. The number of likely N-dealkylation sites (tertiary alicyclic amines) is 1. The van der Waals surface area contributed by atoms with E-state index in [-0.39, 0.29) is 23.5 Å². The van der Waals surface area contributed by atoms with Crippen LogP contribution in [0.1, 0.15) is 24.8 Å². The highest BCUT2D eigenvalue weighted by molar-refractivity contribution is 5.80. The number of rotatable bonds is 4. The van der Waals surface area contributed by atoms with Crippen LogP contribution in [0.15, 0.2) is 24.3 Å². The van der Waals surface area contributed by atoms with Crippen LogP contribution in [0.4, 0.5) is 4.39 Å². The van der Waals surface area contributed by atoms with Crippen LogP contribution < -0.4 is 5.32 Å². The van der Waals surface area contributed by atoms with Gasteiger partial charge in [-0.2, -0.15) is 0 Å². The number of nitrogens with one attached hydrogen (secondary N) is 1. The SMILES string of the molecule is CNC(=O)C1CCN(C(=O)CCc2ccccc2F)CC1. The van der Waals surface area contributed by atoms with E-state index in [9.17, 15) is 14.0 Å². The second-order valence-corrected chi connectivity index (χ2v) is 5.36. The first-order valence-corrected chi connectivity index (χ1v) is 7.34. The van der Waals surface area contributed by atoms with Gasteiger partial charge in [0.05, 0.1) is 0 Å². The van der Waals surface area contributed by atoms with E-state index in [1.54, 1.807) is 30.1 Å². The van der Waals surface area contributed by atoms with E-state index in [4.69, 9.17) is 0 Å². The van der Waals surface area contributed by atoms with Crippen LogP contribution in [-0.4, -0.2) is 36.9 Å². The van der Waals surface area contributed by atoms with Crippen LogP contribution >= 0.6 is 0 Å². The quantitative estimate of drug-likeness (QED) is 0.919. The van der Waals surface area contributed by atoms with Gasteiger partial charge >= 0.3 is 0 Å². The van der Waals surface area contributed by atoms with Gasteiger partial charge in [-0.1, -0.05) is 18.2 Å². The molecule has 1 aliphatic rings. The fourth-order valence-corrected chi connectivity index (χ4v) is 2.70. The molecule has 1 saturated heterocycles. The van der Waals surface area contributed by atoms with Gasteiger partial charge in [0.2, 0.25) is 11.8 Å². The summed E-state index contributed by atoms with van der Waals surface area (Å²) >= 11 is 0. The Balaban J connectivity index is 1.80. The largest absolute Gasteiger partial charge is 0.359 e. The highest BCUT2D eigenvalue weighted by Gasteiger charge is 2.26. The van der Waals surface area contributed by atoms with E-state index in [0.717, 1.165) is 0 Å². The van der Waals surface area contributed by atoms with Gasteiger partial charge in [-0.15, -0.1) is 0 Å². The Kier molecular flexibility index (Phi) is 5.31. The molecular weight excluding hydrogens is 271 g/mol. The molecule has 2 rings (SSSR count). The van der Waals surface area contributed by atoms with Crippen molar-refractivity contribution in [1.82, 2.24) is 10.2 Å². The monoisotopic (exact) mass is 292 g/mol. The van der Waals surface area contributed by atoms with Gasteiger partial charge < -0.3 is 10.2 Å². The number of aryl methyl sites for hydroxylation is 1. The zero-order valence-corrected chi connectivity index (χ0v) is 12.3. The maximum Gasteiger partial charge on any atom is 0.222 e. The molecule has 0 saturated carbocycles. The fourth-order valence-electron chi connectivity index (χ4n) is 2.70. The molecule has 0 aromatic heterocycles. The number of piperidine rings is 1. The van der Waals surface area contributed by atoms with Crippen molar-refractivity contribution in [3.63, 3.8) is 0 Å². The predicted molar refractivity (Wildman–Crippen MR) is 78.1 cm³/mol. The second kappa shape index (κ2) is 7.20. The summed E-state index contributed by atoms with van der Waals surface area (Å²) in [5.74, 6) is -0.170. The topological polar surface area (TPSA) is 49.4 Å². The molecule has 0 aliphatic carbocycles. The lowest BCUT2D eigenvalue weighted by molar-refractivity contribution is -0.135. The molecule has 1 aromatic carbocycles. The summed E-state index contributed by atoms with van der Waals surface area (Å²) < 4.78 is 13.5. The van der Waals surface area contributed by atoms with Crippen molar-refractivity contribution in [3.05, 3.63) is 35.6 Å². The summed E-state index contributed by atoms with van der Waals surface area (Å²) in [4.78, 5) is 25.4. The average molecular weight is 292 g/mol. The average Bonchev–Trinajstić information content (AvgIpc) is 2.53. The lowest BCUT2D eigenvalue weighted by Gasteiger charge is -2.31. The molecule has 0 unspecified atom stereocenters. The molecule has 0 spiro atoms. The zero-order valence-electron chi connectivity index (χ0n) is 12.3. The number of carbonyl (C=O) groups excluding carboxylic acids is 2. The van der Waals surface area contributed by atoms with Gasteiger partial charge in [0.1, 0.15) is 5.82 Å². The lowest BCUT2D eigenvalue weighted by Crippen LogP contribution is -2.42. The minimum absolute atomic E-state index is 0.00520. The molecule has 0 atom stereocenters. The van der Waals surface area contributed by atoms with Gasteiger partial charge in [0, 0.05) is 32.5 Å². The summed E-state index contributed by atoms with van der Waals surface area (Å²) in [5, 5.41) is 2.65. The Morgan fingerprint density at radius 3 is 2.57 bits per heavy atom. The molecule has 1 heterocycles. The molecule has 1 aromatic rings. The number of amides is 2. The summed E-state index contributed by atoms with van der Waals surface area (Å²) in [5.41, 5.74) is 0.575. The molecule has 0 radical (unpaired) electrons. The number of halogens is 1. The number of carbonyl (C=O) groups is 2. The van der Waals surface area contributed by atoms with Crippen molar-refractivity contribution in [2.24, 2.45) is 5.92 Å². The van der Waals surface area contributed by atoms with Crippen molar-refractivity contribution < 1.29 is 14.0 Å². The van der Waals surface area contributed by atoms with Crippen molar-refractivity contribution >= 4 is 11.8 Å². The minimum atomic E-state index is -0.261. The molecule has 114 valence electrons. The van der Waals surface area contributed by atoms with Gasteiger partial charge in [-0.05, 0) is 30.9 Å². The van der Waals surface area contributed by atoms with E-state index < -0.39 is 0 Å². The smallest absolute Gasteiger partial charge is 0.222 e. The van der Waals surface area contributed by atoms with Crippen LogP contribution in [0.25, 0.3) is 0 Å². The van der Waals surface area contributed by atoms with Crippen LogP contribution in [0.5, 0.6) is 0 Å². The van der Waals surface area contributed by atoms with Crippen molar-refractivity contribution in [2.45, 2.75) is 25.7 Å². The minimum Gasteiger partial charge on any atom is -0.359 e. The number of nitrogens with zero attached hydrogens (tertiary/aromatic N) is 1. The van der Waals surface area contributed by atoms with Crippen LogP contribution in [0.2, 0.25) is 0 Å². The molecule has 1 aliphatic heterocycles. The van der Waals surface area contributed by atoms with Gasteiger partial charge in [0.25, 0.3) is 0 Å². The van der Waals surface area contributed by atoms with Crippen LogP contribution in [0.3, 0.4) is 0 Å². The third-order valence-corrected chi connectivity index (χ3v) is 4.03. The van der Waals surface area contributed by atoms with Gasteiger partial charge in [0.15, 0.2) is 0 Å². The van der Waals surface area contributed by atoms with E-state index >= 15 is 0 Å². The molecule has 2 amide bonds. The third kappa shape index (κ3) is 4.03. The Morgan fingerprint density at radius 2 is 1.95 bits per heavy atom. The molecule has 0 bridgehead atoms. The van der Waals surface area contributed by atoms with Crippen LogP contribution in [0, 0.1) is 11.7 Å². The van der Waals surface area contributed by atoms with Gasteiger partial charge in [-0.3, -0.25) is 9.59 Å². The zero-order chi connectivity index (χ0) is 15.2. The van der Waals surface area contributed by atoms with Gasteiger partial charge in [-0.25, -0.2) is 4.39 Å². The summed E-state index contributed by atoms with van der Waals surface area (Å²) in [7, 11) is 1.63. The number of hydrogen-bond donors (Lipinski definition) is 1. The van der Waals surface area contributed by atoms with Crippen molar-refractivity contribution in [3.8, 4) is 0 Å². The highest BCUT2D eigenvalue weighted by atomic mass is 19.1. The predicted octanol–water partition coefficient (Wildman–Crippen LogP) is 1.74. The number of hydrogen-bond acceptors (Lipinski definition) is 2. The maximum atomic E-state index is 13.5. The van der Waals surface area contributed by atoms with Crippen molar-refractivity contribution in [1.29, 1.82) is 0 Å². The Bertz CT molecular complexity index is 511. The molecule has 4 nitrogen and oxygen atoms in total. The standard InChI is InChI=1S/C16H21FN2O2/c1-18-16(21)13-8-10-19(11-9-13)15(20)7-6-12-4-2-3-5-14(12)17/h2-5,13H,6-11H2,1H3,(H,18,21). The molecule has 1 fully saturated rings. The normalized spacial score (nSPS) is 15.8. The maximum absolute atomic E-state index is 13.5. The van der Waals surface area contributed by atoms with E-state index in [2.05, 4.69) is 5.32 Å². The second-order valence-electron chi connectivity index (χ2n) is 5.36. The first-order chi connectivity index (χ1) is 10.1. The Hall–Kier alpha value is -1.91. The van der Waals surface area contributed by atoms with E-state index in [1.807, 2.05) is 0 Å². The molecule has 21 heavy (non-hydrogen) atoms. The van der Waals surface area contributed by atoms with E-state index in [1.165, 1.54) is 6.07 Å². The van der Waals surface area contributed by atoms with Crippen LogP contribution in [-0.2, 0) is 16.0 Å². The fraction of sp³-hybridized carbons (Fsp3) is 0.500. The lowest BCUT2D eigenvalue weighted by atomic mass is 9.95. The Morgan fingerprint density at radius 1 is 1.29 bits per heavy atom. The first kappa shape index (κ1) is 15.5. The summed E-state index contributed by atoms with van der Waals surface area (Å²) in [6, 6.07) is 6.54. The molecular formula is C16H21FN2O2. The third-order valence-electron chi connectivity index (χ3n) is 4.03. The van der Waals surface area contributed by atoms with E-state index in [0.29, 0.717) is 44.3 Å².